The van der Waals surface area contributed by atoms with Crippen molar-refractivity contribution in [2.24, 2.45) is 0 Å². The zero-order valence-corrected chi connectivity index (χ0v) is 12.6. The molecule has 2 aromatic carbocycles. The second-order valence-electron chi connectivity index (χ2n) is 5.19. The average Bonchev–Trinajstić information content (AvgIpc) is 2.86. The first kappa shape index (κ1) is 15.5. The van der Waals surface area contributed by atoms with Crippen LogP contribution in [0.5, 0.6) is 0 Å². The molecule has 0 saturated carbocycles. The molecule has 0 fully saturated rings. The number of rotatable bonds is 2. The van der Waals surface area contributed by atoms with Gasteiger partial charge < -0.3 is 5.11 Å². The van der Waals surface area contributed by atoms with Gasteiger partial charge in [0.2, 0.25) is 0 Å². The molecule has 0 unspecified atom stereocenters. The minimum Gasteiger partial charge on any atom is -0.384 e. The standard InChI is InChI=1S/C19H12N2O3/c20-11-13-7-8-15(14(10-13)4-3-9-22)12-21-18(23)16-5-1-2-6-17(16)19(21)24/h1-2,5-8,10,22H,9,12H2. The maximum absolute atomic E-state index is 12.4. The quantitative estimate of drug-likeness (QED) is 0.675. The van der Waals surface area contributed by atoms with Gasteiger partial charge in [-0.25, -0.2) is 0 Å². The van der Waals surface area contributed by atoms with E-state index in [1.807, 2.05) is 6.07 Å². The molecule has 24 heavy (non-hydrogen) atoms. The first-order chi connectivity index (χ1) is 11.7. The Morgan fingerprint density at radius 2 is 1.71 bits per heavy atom. The van der Waals surface area contributed by atoms with Crippen LogP contribution in [0.15, 0.2) is 42.5 Å². The van der Waals surface area contributed by atoms with E-state index in [1.54, 1.807) is 42.5 Å². The summed E-state index contributed by atoms with van der Waals surface area (Å²) in [5, 5.41) is 17.9. The second kappa shape index (κ2) is 6.37. The fourth-order valence-electron chi connectivity index (χ4n) is 2.59. The molecule has 1 heterocycles. The highest BCUT2D eigenvalue weighted by molar-refractivity contribution is 6.21. The van der Waals surface area contributed by atoms with E-state index in [1.165, 1.54) is 0 Å². The van der Waals surface area contributed by atoms with Gasteiger partial charge in [0.1, 0.15) is 6.61 Å². The summed E-state index contributed by atoms with van der Waals surface area (Å²) in [6, 6.07) is 13.6. The highest BCUT2D eigenvalue weighted by Gasteiger charge is 2.35. The number of carbonyl (C=O) groups is 2. The van der Waals surface area contributed by atoms with E-state index >= 15 is 0 Å². The van der Waals surface area contributed by atoms with Gasteiger partial charge in [-0.15, -0.1) is 0 Å². The van der Waals surface area contributed by atoms with Crippen molar-refractivity contribution in [2.75, 3.05) is 6.61 Å². The molecule has 1 aliphatic rings. The van der Waals surface area contributed by atoms with Crippen LogP contribution in [0.25, 0.3) is 0 Å². The number of benzene rings is 2. The van der Waals surface area contributed by atoms with Gasteiger partial charge in [0.25, 0.3) is 11.8 Å². The van der Waals surface area contributed by atoms with Gasteiger partial charge in [0.05, 0.1) is 29.3 Å². The molecule has 2 aromatic rings. The summed E-state index contributed by atoms with van der Waals surface area (Å²) in [5.74, 6) is 4.60. The molecule has 0 spiro atoms. The van der Waals surface area contributed by atoms with Crippen molar-refractivity contribution in [2.45, 2.75) is 6.54 Å². The van der Waals surface area contributed by atoms with Crippen LogP contribution in [-0.4, -0.2) is 28.4 Å². The molecule has 0 aliphatic carbocycles. The van der Waals surface area contributed by atoms with Crippen LogP contribution >= 0.6 is 0 Å². The van der Waals surface area contributed by atoms with Crippen molar-refractivity contribution >= 4 is 11.8 Å². The van der Waals surface area contributed by atoms with Crippen molar-refractivity contribution in [3.05, 3.63) is 70.3 Å². The first-order valence-corrected chi connectivity index (χ1v) is 7.23. The van der Waals surface area contributed by atoms with Crippen molar-refractivity contribution in [3.63, 3.8) is 0 Å². The second-order valence-corrected chi connectivity index (χ2v) is 5.19. The zero-order chi connectivity index (χ0) is 17.1. The number of aliphatic hydroxyl groups excluding tert-OH is 1. The third-order valence-electron chi connectivity index (χ3n) is 3.75. The zero-order valence-electron chi connectivity index (χ0n) is 12.6. The SMILES string of the molecule is N#Cc1ccc(CN2C(=O)c3ccccc3C2=O)c(C#CCO)c1. The van der Waals surface area contributed by atoms with Crippen LogP contribution in [0, 0.1) is 23.2 Å². The Balaban J connectivity index is 1.97. The molecule has 0 bridgehead atoms. The smallest absolute Gasteiger partial charge is 0.261 e. The third-order valence-corrected chi connectivity index (χ3v) is 3.75. The number of hydrogen-bond donors (Lipinski definition) is 1. The van der Waals surface area contributed by atoms with Gasteiger partial charge in [-0.05, 0) is 29.8 Å². The lowest BCUT2D eigenvalue weighted by molar-refractivity contribution is 0.0642. The Kier molecular flexibility index (Phi) is 4.11. The lowest BCUT2D eigenvalue weighted by Gasteiger charge is -2.15. The Morgan fingerprint density at radius 3 is 2.29 bits per heavy atom. The third kappa shape index (κ3) is 2.65. The van der Waals surface area contributed by atoms with Gasteiger partial charge in [-0.3, -0.25) is 14.5 Å². The largest absolute Gasteiger partial charge is 0.384 e. The molecule has 0 saturated heterocycles. The van der Waals surface area contributed by atoms with E-state index < -0.39 is 0 Å². The van der Waals surface area contributed by atoms with E-state index in [9.17, 15) is 9.59 Å². The minimum absolute atomic E-state index is 0.0630. The lowest BCUT2D eigenvalue weighted by atomic mass is 10.0. The molecule has 116 valence electrons. The minimum atomic E-state index is -0.346. The monoisotopic (exact) mass is 316 g/mol. The summed E-state index contributed by atoms with van der Waals surface area (Å²) in [5.41, 5.74) is 2.35. The van der Waals surface area contributed by atoms with Crippen LogP contribution in [0.3, 0.4) is 0 Å². The number of imide groups is 1. The molecule has 0 aromatic heterocycles. The first-order valence-electron chi connectivity index (χ1n) is 7.23. The predicted octanol–water partition coefficient (Wildman–Crippen LogP) is 1.70. The molecule has 2 amide bonds. The maximum atomic E-state index is 12.4. The Hall–Kier alpha value is -3.41. The number of carbonyl (C=O) groups excluding carboxylic acids is 2. The van der Waals surface area contributed by atoms with Gasteiger partial charge in [0, 0.05) is 5.56 Å². The van der Waals surface area contributed by atoms with Crippen molar-refractivity contribution in [1.29, 1.82) is 5.26 Å². The molecular formula is C19H12N2O3. The summed E-state index contributed by atoms with van der Waals surface area (Å²) in [6.07, 6.45) is 0. The predicted molar refractivity (Wildman–Crippen MR) is 85.8 cm³/mol. The number of hydrogen-bond acceptors (Lipinski definition) is 4. The van der Waals surface area contributed by atoms with E-state index in [-0.39, 0.29) is 25.0 Å². The number of amides is 2. The van der Waals surface area contributed by atoms with Crippen molar-refractivity contribution in [1.82, 2.24) is 4.90 Å². The molecular weight excluding hydrogens is 304 g/mol. The summed E-state index contributed by atoms with van der Waals surface area (Å²) in [7, 11) is 0. The van der Waals surface area contributed by atoms with E-state index in [2.05, 4.69) is 11.8 Å². The fraction of sp³-hybridized carbons (Fsp3) is 0.105. The number of nitriles is 1. The molecule has 0 radical (unpaired) electrons. The molecule has 5 heteroatoms. The number of fused-ring (bicyclic) bond motifs is 1. The maximum Gasteiger partial charge on any atom is 0.261 e. The average molecular weight is 316 g/mol. The topological polar surface area (TPSA) is 81.4 Å². The summed E-state index contributed by atoms with van der Waals surface area (Å²) in [6.45, 7) is -0.253. The highest BCUT2D eigenvalue weighted by atomic mass is 16.2. The van der Waals surface area contributed by atoms with E-state index in [0.29, 0.717) is 27.8 Å². The normalized spacial score (nSPS) is 12.4. The van der Waals surface area contributed by atoms with Crippen molar-refractivity contribution in [3.8, 4) is 17.9 Å². The van der Waals surface area contributed by atoms with Crippen LogP contribution in [0.2, 0.25) is 0 Å². The Morgan fingerprint density at radius 1 is 1.04 bits per heavy atom. The van der Waals surface area contributed by atoms with Gasteiger partial charge in [-0.2, -0.15) is 5.26 Å². The lowest BCUT2D eigenvalue weighted by Crippen LogP contribution is -2.29. The molecule has 1 aliphatic heterocycles. The molecule has 1 N–H and O–H groups in total. The van der Waals surface area contributed by atoms with Gasteiger partial charge >= 0.3 is 0 Å². The molecule has 5 nitrogen and oxygen atoms in total. The molecule has 0 atom stereocenters. The molecule has 3 rings (SSSR count). The van der Waals surface area contributed by atoms with Gasteiger partial charge in [0.15, 0.2) is 0 Å². The van der Waals surface area contributed by atoms with Crippen LogP contribution in [0.4, 0.5) is 0 Å². The Labute approximate surface area is 138 Å². The summed E-state index contributed by atoms with van der Waals surface area (Å²) in [4.78, 5) is 26.0. The van der Waals surface area contributed by atoms with Crippen LogP contribution in [0.1, 0.15) is 37.4 Å². The van der Waals surface area contributed by atoms with Crippen LogP contribution < -0.4 is 0 Å². The van der Waals surface area contributed by atoms with E-state index in [0.717, 1.165) is 4.90 Å². The number of nitrogens with zero attached hydrogens (tertiary/aromatic N) is 2. The number of aliphatic hydroxyl groups is 1. The highest BCUT2D eigenvalue weighted by Crippen LogP contribution is 2.25. The summed E-state index contributed by atoms with van der Waals surface area (Å²) >= 11 is 0. The van der Waals surface area contributed by atoms with Crippen molar-refractivity contribution < 1.29 is 14.7 Å². The van der Waals surface area contributed by atoms with Gasteiger partial charge in [-0.1, -0.05) is 30.0 Å². The van der Waals surface area contributed by atoms with Crippen LogP contribution in [-0.2, 0) is 6.54 Å². The Bertz CT molecular complexity index is 910. The van der Waals surface area contributed by atoms with E-state index in [4.69, 9.17) is 10.4 Å². The fourth-order valence-corrected chi connectivity index (χ4v) is 2.59. The summed E-state index contributed by atoms with van der Waals surface area (Å²) < 4.78 is 0.